The van der Waals surface area contributed by atoms with Crippen LogP contribution in [0, 0.1) is 0 Å². The number of hydrogen-bond donors (Lipinski definition) is 2. The molecule has 0 unspecified atom stereocenters. The van der Waals surface area contributed by atoms with Gasteiger partial charge in [-0.1, -0.05) is 103 Å². The second kappa shape index (κ2) is 23.7. The van der Waals surface area contributed by atoms with E-state index in [4.69, 9.17) is 10.2 Å². The fourth-order valence-electron chi connectivity index (χ4n) is 3.87. The minimum atomic E-state index is 0.113. The fraction of sp³-hybridized carbons (Fsp3) is 0.960. The van der Waals surface area contributed by atoms with Gasteiger partial charge in [0.25, 0.3) is 0 Å². The molecular formula is C25H51NO3. The number of unbranched alkanes of at least 4 members (excludes halogenated alkanes) is 15. The van der Waals surface area contributed by atoms with Crippen molar-refractivity contribution in [1.82, 2.24) is 4.90 Å². The highest BCUT2D eigenvalue weighted by atomic mass is 16.3. The Morgan fingerprint density at radius 2 is 0.897 bits per heavy atom. The van der Waals surface area contributed by atoms with Crippen molar-refractivity contribution in [2.24, 2.45) is 0 Å². The molecule has 0 saturated heterocycles. The molecule has 1 amide bonds. The topological polar surface area (TPSA) is 60.8 Å². The van der Waals surface area contributed by atoms with Crippen molar-refractivity contribution in [3.05, 3.63) is 0 Å². The maximum atomic E-state index is 12.3. The van der Waals surface area contributed by atoms with Gasteiger partial charge in [0.1, 0.15) is 0 Å². The van der Waals surface area contributed by atoms with Crippen LogP contribution in [0.1, 0.15) is 129 Å². The molecule has 0 rings (SSSR count). The highest BCUT2D eigenvalue weighted by Crippen LogP contribution is 2.14. The maximum Gasteiger partial charge on any atom is 0.222 e. The van der Waals surface area contributed by atoms with Gasteiger partial charge in [0.05, 0.1) is 0 Å². The molecule has 174 valence electrons. The molecule has 29 heavy (non-hydrogen) atoms. The van der Waals surface area contributed by atoms with Crippen molar-refractivity contribution in [3.8, 4) is 0 Å². The minimum absolute atomic E-state index is 0.113. The first-order chi connectivity index (χ1) is 14.3. The molecule has 4 heteroatoms. The molecule has 0 aromatic rings. The van der Waals surface area contributed by atoms with Gasteiger partial charge in [0.15, 0.2) is 0 Å². The maximum absolute atomic E-state index is 12.3. The fourth-order valence-corrected chi connectivity index (χ4v) is 3.87. The lowest BCUT2D eigenvalue weighted by atomic mass is 10.0. The summed E-state index contributed by atoms with van der Waals surface area (Å²) in [5.74, 6) is 0.178. The number of hydrogen-bond acceptors (Lipinski definition) is 3. The summed E-state index contributed by atoms with van der Waals surface area (Å²) in [4.78, 5) is 14.1. The summed E-state index contributed by atoms with van der Waals surface area (Å²) < 4.78 is 0. The largest absolute Gasteiger partial charge is 0.396 e. The molecule has 0 saturated carbocycles. The monoisotopic (exact) mass is 413 g/mol. The average Bonchev–Trinajstić information content (AvgIpc) is 2.73. The van der Waals surface area contributed by atoms with E-state index >= 15 is 0 Å². The smallest absolute Gasteiger partial charge is 0.222 e. The Morgan fingerprint density at radius 1 is 0.552 bits per heavy atom. The molecule has 0 aliphatic heterocycles. The van der Waals surface area contributed by atoms with Crippen molar-refractivity contribution in [3.63, 3.8) is 0 Å². The third-order valence-corrected chi connectivity index (χ3v) is 5.77. The number of carbonyl (C=O) groups is 1. The summed E-state index contributed by atoms with van der Waals surface area (Å²) in [5, 5.41) is 17.9. The number of carbonyl (C=O) groups excluding carboxylic acids is 1. The van der Waals surface area contributed by atoms with Crippen LogP contribution < -0.4 is 0 Å². The highest BCUT2D eigenvalue weighted by Gasteiger charge is 2.12. The van der Waals surface area contributed by atoms with Crippen LogP contribution >= 0.6 is 0 Å². The quantitative estimate of drug-likeness (QED) is 0.195. The van der Waals surface area contributed by atoms with E-state index in [1.807, 2.05) is 0 Å². The van der Waals surface area contributed by atoms with Gasteiger partial charge >= 0.3 is 0 Å². The van der Waals surface area contributed by atoms with Crippen LogP contribution in [0.3, 0.4) is 0 Å². The zero-order valence-corrected chi connectivity index (χ0v) is 19.5. The molecule has 0 aromatic carbocycles. The van der Waals surface area contributed by atoms with E-state index in [0.29, 0.717) is 32.4 Å². The van der Waals surface area contributed by atoms with E-state index < -0.39 is 0 Å². The zero-order valence-electron chi connectivity index (χ0n) is 19.5. The summed E-state index contributed by atoms with van der Waals surface area (Å²) in [6.07, 6.45) is 23.3. The Morgan fingerprint density at radius 3 is 1.24 bits per heavy atom. The second-order valence-electron chi connectivity index (χ2n) is 8.59. The van der Waals surface area contributed by atoms with Gasteiger partial charge in [0.2, 0.25) is 5.91 Å². The third-order valence-electron chi connectivity index (χ3n) is 5.77. The van der Waals surface area contributed by atoms with Gasteiger partial charge in [-0.15, -0.1) is 0 Å². The molecule has 0 fully saturated rings. The van der Waals surface area contributed by atoms with Crippen LogP contribution in [0.5, 0.6) is 0 Å². The third kappa shape index (κ3) is 20.4. The van der Waals surface area contributed by atoms with Gasteiger partial charge in [-0.25, -0.2) is 0 Å². The molecular weight excluding hydrogens is 362 g/mol. The molecule has 0 aliphatic rings. The zero-order chi connectivity index (χ0) is 21.4. The van der Waals surface area contributed by atoms with E-state index in [9.17, 15) is 4.79 Å². The van der Waals surface area contributed by atoms with Crippen LogP contribution in [0.25, 0.3) is 0 Å². The molecule has 0 heterocycles. The molecule has 2 N–H and O–H groups in total. The van der Waals surface area contributed by atoms with E-state index in [0.717, 1.165) is 12.8 Å². The van der Waals surface area contributed by atoms with E-state index in [1.165, 1.54) is 89.9 Å². The Balaban J connectivity index is 3.39. The summed E-state index contributed by atoms with van der Waals surface area (Å²) in [6.45, 7) is 3.71. The predicted molar refractivity (Wildman–Crippen MR) is 124 cm³/mol. The molecule has 0 aromatic heterocycles. The van der Waals surface area contributed by atoms with Crippen LogP contribution in [-0.4, -0.2) is 47.3 Å². The van der Waals surface area contributed by atoms with Gasteiger partial charge in [-0.3, -0.25) is 4.79 Å². The number of aliphatic hydroxyl groups excluding tert-OH is 2. The van der Waals surface area contributed by atoms with Crippen molar-refractivity contribution in [2.45, 2.75) is 129 Å². The van der Waals surface area contributed by atoms with Crippen molar-refractivity contribution >= 4 is 5.91 Å². The minimum Gasteiger partial charge on any atom is -0.396 e. The van der Waals surface area contributed by atoms with Crippen molar-refractivity contribution in [2.75, 3.05) is 26.3 Å². The van der Waals surface area contributed by atoms with Gasteiger partial charge in [0, 0.05) is 32.7 Å². The lowest BCUT2D eigenvalue weighted by Crippen LogP contribution is -2.33. The van der Waals surface area contributed by atoms with Crippen molar-refractivity contribution < 1.29 is 15.0 Å². The molecule has 0 spiro atoms. The molecule has 0 aliphatic carbocycles. The first kappa shape index (κ1) is 28.4. The Labute approximate surface area is 181 Å². The Kier molecular flexibility index (Phi) is 23.2. The summed E-state index contributed by atoms with van der Waals surface area (Å²) in [7, 11) is 0. The molecule has 4 nitrogen and oxygen atoms in total. The van der Waals surface area contributed by atoms with Crippen molar-refractivity contribution in [1.29, 1.82) is 0 Å². The number of aliphatic hydroxyl groups is 2. The van der Waals surface area contributed by atoms with Crippen LogP contribution in [0.15, 0.2) is 0 Å². The number of amides is 1. The standard InChI is InChI=1S/C25H51NO3/c1-2-3-4-5-6-7-8-9-10-11-12-13-14-15-16-17-20-25(29)26(21-18-23-27)22-19-24-28/h27-28H,2-24H2,1H3. The van der Waals surface area contributed by atoms with Gasteiger partial charge in [-0.2, -0.15) is 0 Å². The molecule has 0 atom stereocenters. The van der Waals surface area contributed by atoms with Crippen LogP contribution in [0.2, 0.25) is 0 Å². The number of nitrogens with zero attached hydrogens (tertiary/aromatic N) is 1. The lowest BCUT2D eigenvalue weighted by Gasteiger charge is -2.22. The number of rotatable bonds is 23. The first-order valence-corrected chi connectivity index (χ1v) is 12.8. The lowest BCUT2D eigenvalue weighted by molar-refractivity contribution is -0.131. The summed E-state index contributed by atoms with van der Waals surface area (Å²) in [5.41, 5.74) is 0. The van der Waals surface area contributed by atoms with E-state index in [1.54, 1.807) is 4.90 Å². The highest BCUT2D eigenvalue weighted by molar-refractivity contribution is 5.76. The van der Waals surface area contributed by atoms with E-state index in [2.05, 4.69) is 6.92 Å². The van der Waals surface area contributed by atoms with Gasteiger partial charge in [-0.05, 0) is 19.3 Å². The Hall–Kier alpha value is -0.610. The summed E-state index contributed by atoms with van der Waals surface area (Å²) in [6, 6.07) is 0. The predicted octanol–water partition coefficient (Wildman–Crippen LogP) is 6.23. The van der Waals surface area contributed by atoms with Gasteiger partial charge < -0.3 is 15.1 Å². The summed E-state index contributed by atoms with van der Waals surface area (Å²) >= 11 is 0. The van der Waals surface area contributed by atoms with Crippen LogP contribution in [0.4, 0.5) is 0 Å². The Bertz CT molecular complexity index is 328. The molecule has 0 radical (unpaired) electrons. The average molecular weight is 414 g/mol. The second-order valence-corrected chi connectivity index (χ2v) is 8.59. The molecule has 0 bridgehead atoms. The normalized spacial score (nSPS) is 11.1. The van der Waals surface area contributed by atoms with Crippen LogP contribution in [-0.2, 0) is 4.79 Å². The first-order valence-electron chi connectivity index (χ1n) is 12.8. The van der Waals surface area contributed by atoms with E-state index in [-0.39, 0.29) is 19.1 Å². The SMILES string of the molecule is CCCCCCCCCCCCCCCCCCC(=O)N(CCCO)CCCO.